The Morgan fingerprint density at radius 1 is 0.654 bits per heavy atom. The van der Waals surface area contributed by atoms with Gasteiger partial charge in [0.2, 0.25) is 0 Å². The van der Waals surface area contributed by atoms with Crippen molar-refractivity contribution in [2.75, 3.05) is 22.1 Å². The number of nitrogen functional groups attached to an aromatic ring is 2. The number of nitrogens with one attached hydrogen (secondary N) is 2. The van der Waals surface area contributed by atoms with Crippen LogP contribution in [-0.4, -0.2) is 21.8 Å². The van der Waals surface area contributed by atoms with E-state index in [0.29, 0.717) is 34.4 Å². The molecule has 0 saturated carbocycles. The van der Waals surface area contributed by atoms with E-state index in [4.69, 9.17) is 11.5 Å². The summed E-state index contributed by atoms with van der Waals surface area (Å²) in [5.74, 6) is 0.615. The normalized spacial score (nSPS) is 10.2. The van der Waals surface area contributed by atoms with Gasteiger partial charge in [-0.1, -0.05) is 12.1 Å². The van der Waals surface area contributed by atoms with E-state index in [1.807, 2.05) is 0 Å². The van der Waals surface area contributed by atoms with Gasteiger partial charge >= 0.3 is 0 Å². The fourth-order valence-electron chi connectivity index (χ4n) is 2.19. The maximum Gasteiger partial charge on any atom is 0.256 e. The molecule has 2 heterocycles. The molecule has 0 atom stereocenters. The molecule has 0 saturated heterocycles. The molecule has 0 aliphatic carbocycles. The number of benzene rings is 1. The van der Waals surface area contributed by atoms with E-state index < -0.39 is 0 Å². The van der Waals surface area contributed by atoms with E-state index in [2.05, 4.69) is 20.6 Å². The lowest BCUT2D eigenvalue weighted by Gasteiger charge is -2.07. The molecule has 3 aromatic rings. The quantitative estimate of drug-likeness (QED) is 0.570. The molecule has 0 aliphatic rings. The molecule has 6 N–H and O–H groups in total. The number of carbonyl (C=O) groups is 2. The predicted molar refractivity (Wildman–Crippen MR) is 99.6 cm³/mol. The lowest BCUT2D eigenvalue weighted by molar-refractivity contribution is 0.101. The Morgan fingerprint density at radius 3 is 1.38 bits per heavy atom. The molecule has 3 rings (SSSR count). The molecular formula is C18H16N6O2. The molecule has 130 valence electrons. The maximum absolute atomic E-state index is 12.2. The van der Waals surface area contributed by atoms with Gasteiger partial charge in [0.25, 0.3) is 11.8 Å². The average Bonchev–Trinajstić information content (AvgIpc) is 2.62. The van der Waals surface area contributed by atoms with Crippen LogP contribution in [0.15, 0.2) is 60.7 Å². The molecule has 0 spiro atoms. The first-order valence-electron chi connectivity index (χ1n) is 7.69. The lowest BCUT2D eigenvalue weighted by atomic mass is 10.1. The number of nitrogens with zero attached hydrogens (tertiary/aromatic N) is 2. The Kier molecular flexibility index (Phi) is 4.75. The van der Waals surface area contributed by atoms with E-state index in [1.54, 1.807) is 60.7 Å². The molecule has 8 heteroatoms. The second-order valence-electron chi connectivity index (χ2n) is 5.38. The van der Waals surface area contributed by atoms with Crippen molar-refractivity contribution in [1.29, 1.82) is 0 Å². The predicted octanol–water partition coefficient (Wildman–Crippen LogP) is 2.15. The summed E-state index contributed by atoms with van der Waals surface area (Å²) < 4.78 is 0. The summed E-state index contributed by atoms with van der Waals surface area (Å²) in [7, 11) is 0. The van der Waals surface area contributed by atoms with Crippen molar-refractivity contribution in [1.82, 2.24) is 9.97 Å². The number of nitrogens with two attached hydrogens (primary N) is 2. The van der Waals surface area contributed by atoms with Gasteiger partial charge in [0.05, 0.1) is 0 Å². The van der Waals surface area contributed by atoms with Gasteiger partial charge in [-0.05, 0) is 48.5 Å². The van der Waals surface area contributed by atoms with Crippen molar-refractivity contribution in [3.8, 4) is 0 Å². The summed E-state index contributed by atoms with van der Waals surface area (Å²) in [5.41, 5.74) is 11.9. The van der Waals surface area contributed by atoms with Crippen molar-refractivity contribution < 1.29 is 9.59 Å². The van der Waals surface area contributed by atoms with Gasteiger partial charge in [0, 0.05) is 11.1 Å². The minimum absolute atomic E-state index is 0.310. The largest absolute Gasteiger partial charge is 0.384 e. The molecule has 0 unspecified atom stereocenters. The minimum atomic E-state index is -0.354. The van der Waals surface area contributed by atoms with Crippen molar-refractivity contribution in [3.63, 3.8) is 0 Å². The van der Waals surface area contributed by atoms with Crippen LogP contribution >= 0.6 is 0 Å². The lowest BCUT2D eigenvalue weighted by Crippen LogP contribution is -2.15. The first-order chi connectivity index (χ1) is 12.5. The number of hydrogen-bond acceptors (Lipinski definition) is 6. The molecule has 1 aromatic carbocycles. The highest BCUT2D eigenvalue weighted by Crippen LogP contribution is 2.12. The summed E-state index contributed by atoms with van der Waals surface area (Å²) in [6.07, 6.45) is 0. The zero-order valence-corrected chi connectivity index (χ0v) is 13.6. The smallest absolute Gasteiger partial charge is 0.256 e. The molecule has 0 fully saturated rings. The average molecular weight is 348 g/mol. The summed E-state index contributed by atoms with van der Waals surface area (Å²) in [6.45, 7) is 0. The van der Waals surface area contributed by atoms with Crippen LogP contribution in [0.3, 0.4) is 0 Å². The summed E-state index contributed by atoms with van der Waals surface area (Å²) in [5, 5.41) is 5.28. The van der Waals surface area contributed by atoms with Gasteiger partial charge < -0.3 is 22.1 Å². The second-order valence-corrected chi connectivity index (χ2v) is 5.38. The van der Waals surface area contributed by atoms with E-state index in [1.165, 1.54) is 0 Å². The van der Waals surface area contributed by atoms with Gasteiger partial charge in [-0.15, -0.1) is 0 Å². The first-order valence-corrected chi connectivity index (χ1v) is 7.69. The van der Waals surface area contributed by atoms with Crippen LogP contribution < -0.4 is 22.1 Å². The number of hydrogen-bond donors (Lipinski definition) is 4. The highest BCUT2D eigenvalue weighted by atomic mass is 16.2. The zero-order chi connectivity index (χ0) is 18.5. The van der Waals surface area contributed by atoms with E-state index in [9.17, 15) is 9.59 Å². The van der Waals surface area contributed by atoms with Gasteiger partial charge in [-0.25, -0.2) is 9.97 Å². The van der Waals surface area contributed by atoms with Gasteiger partial charge in [-0.3, -0.25) is 9.59 Å². The Morgan fingerprint density at radius 2 is 1.04 bits per heavy atom. The number of rotatable bonds is 4. The number of amides is 2. The zero-order valence-electron chi connectivity index (χ0n) is 13.6. The molecule has 2 amide bonds. The SMILES string of the molecule is Nc1cccc(NC(=O)c2ccc(C(=O)Nc3cccc(N)n3)cc2)n1. The molecule has 8 nitrogen and oxygen atoms in total. The third-order valence-electron chi connectivity index (χ3n) is 3.43. The van der Waals surface area contributed by atoms with Crippen LogP contribution in [0.5, 0.6) is 0 Å². The Labute approximate surface area is 149 Å². The van der Waals surface area contributed by atoms with Crippen LogP contribution in [0.25, 0.3) is 0 Å². The van der Waals surface area contributed by atoms with Crippen LogP contribution in [-0.2, 0) is 0 Å². The number of carbonyl (C=O) groups excluding carboxylic acids is 2. The molecule has 0 bridgehead atoms. The Balaban J connectivity index is 1.67. The third-order valence-corrected chi connectivity index (χ3v) is 3.43. The number of pyridine rings is 2. The Hall–Kier alpha value is -3.94. The fourth-order valence-corrected chi connectivity index (χ4v) is 2.19. The van der Waals surface area contributed by atoms with Crippen molar-refractivity contribution in [2.45, 2.75) is 0 Å². The molecule has 0 aliphatic heterocycles. The van der Waals surface area contributed by atoms with Crippen molar-refractivity contribution in [3.05, 3.63) is 71.8 Å². The summed E-state index contributed by atoms with van der Waals surface area (Å²) >= 11 is 0. The number of anilines is 4. The topological polar surface area (TPSA) is 136 Å². The molecule has 26 heavy (non-hydrogen) atoms. The third kappa shape index (κ3) is 4.12. The van der Waals surface area contributed by atoms with Crippen molar-refractivity contribution >= 4 is 35.1 Å². The van der Waals surface area contributed by atoms with Gasteiger partial charge in [0.1, 0.15) is 23.3 Å². The fraction of sp³-hybridized carbons (Fsp3) is 0. The van der Waals surface area contributed by atoms with Gasteiger partial charge in [-0.2, -0.15) is 0 Å². The Bertz CT molecular complexity index is 877. The molecular weight excluding hydrogens is 332 g/mol. The molecule has 0 radical (unpaired) electrons. The minimum Gasteiger partial charge on any atom is -0.384 e. The monoisotopic (exact) mass is 348 g/mol. The van der Waals surface area contributed by atoms with Gasteiger partial charge in [0.15, 0.2) is 0 Å². The van der Waals surface area contributed by atoms with E-state index >= 15 is 0 Å². The van der Waals surface area contributed by atoms with Crippen LogP contribution in [0.4, 0.5) is 23.3 Å². The highest BCUT2D eigenvalue weighted by Gasteiger charge is 2.10. The standard InChI is InChI=1S/C18H16N6O2/c19-13-3-1-5-15(21-13)23-17(25)11-7-9-12(10-8-11)18(26)24-16-6-2-4-14(20)22-16/h1-10H,(H3,19,21,23,25)(H3,20,22,24,26). The van der Waals surface area contributed by atoms with Crippen LogP contribution in [0.1, 0.15) is 20.7 Å². The van der Waals surface area contributed by atoms with E-state index in [0.717, 1.165) is 0 Å². The maximum atomic E-state index is 12.2. The van der Waals surface area contributed by atoms with Crippen LogP contribution in [0.2, 0.25) is 0 Å². The first kappa shape index (κ1) is 16.9. The summed E-state index contributed by atoms with van der Waals surface area (Å²) in [6, 6.07) is 16.1. The summed E-state index contributed by atoms with van der Waals surface area (Å²) in [4.78, 5) is 32.4. The van der Waals surface area contributed by atoms with Crippen molar-refractivity contribution in [2.24, 2.45) is 0 Å². The second kappa shape index (κ2) is 7.31. The van der Waals surface area contributed by atoms with Crippen LogP contribution in [0, 0.1) is 0 Å². The molecule has 2 aromatic heterocycles. The van der Waals surface area contributed by atoms with E-state index in [-0.39, 0.29) is 11.8 Å². The highest BCUT2D eigenvalue weighted by molar-refractivity contribution is 6.06. The number of aromatic nitrogens is 2.